The van der Waals surface area contributed by atoms with E-state index >= 15 is 0 Å². The highest BCUT2D eigenvalue weighted by Gasteiger charge is 2.10. The zero-order valence-corrected chi connectivity index (χ0v) is 12.6. The maximum Gasteiger partial charge on any atom is 0.251 e. The molecule has 1 aromatic rings. The van der Waals surface area contributed by atoms with Crippen LogP contribution in [0.15, 0.2) is 29.2 Å². The van der Waals surface area contributed by atoms with Gasteiger partial charge >= 0.3 is 0 Å². The standard InChI is InChI=1S/C15H20N2O2S/c1-11(8-12(2)18)10-17-15(19)13-4-3-5-14(9-13)20-7-6-16/h3-5,9,11-12,18H,7-8,10H2,1-2H3,(H,17,19). The molecule has 2 unspecified atom stereocenters. The fraction of sp³-hybridized carbons (Fsp3) is 0.467. The van der Waals surface area contributed by atoms with Gasteiger partial charge in [0.15, 0.2) is 0 Å². The smallest absolute Gasteiger partial charge is 0.251 e. The van der Waals surface area contributed by atoms with Gasteiger partial charge in [-0.25, -0.2) is 0 Å². The molecule has 0 bridgehead atoms. The molecule has 2 atom stereocenters. The van der Waals surface area contributed by atoms with Gasteiger partial charge in [0.05, 0.1) is 17.9 Å². The number of aliphatic hydroxyl groups excluding tert-OH is 1. The lowest BCUT2D eigenvalue weighted by atomic mass is 10.0. The predicted octanol–water partition coefficient (Wildman–Crippen LogP) is 2.44. The number of carbonyl (C=O) groups excluding carboxylic acids is 1. The van der Waals surface area contributed by atoms with Crippen molar-refractivity contribution in [2.24, 2.45) is 5.92 Å². The first-order valence-electron chi connectivity index (χ1n) is 6.59. The van der Waals surface area contributed by atoms with Crippen LogP contribution in [-0.2, 0) is 0 Å². The lowest BCUT2D eigenvalue weighted by Crippen LogP contribution is -2.29. The number of nitrogens with zero attached hydrogens (tertiary/aromatic N) is 1. The monoisotopic (exact) mass is 292 g/mol. The Labute approximate surface area is 124 Å². The minimum atomic E-state index is -0.354. The third-order valence-electron chi connectivity index (χ3n) is 2.75. The molecule has 108 valence electrons. The molecule has 0 aliphatic rings. The first kappa shape index (κ1) is 16.5. The summed E-state index contributed by atoms with van der Waals surface area (Å²) >= 11 is 1.41. The van der Waals surface area contributed by atoms with Crippen molar-refractivity contribution in [2.75, 3.05) is 12.3 Å². The van der Waals surface area contributed by atoms with Crippen molar-refractivity contribution in [1.82, 2.24) is 5.32 Å². The number of thioether (sulfide) groups is 1. The van der Waals surface area contributed by atoms with Crippen molar-refractivity contribution in [3.63, 3.8) is 0 Å². The number of hydrogen-bond acceptors (Lipinski definition) is 4. The van der Waals surface area contributed by atoms with E-state index in [0.29, 0.717) is 24.3 Å². The Balaban J connectivity index is 2.53. The summed E-state index contributed by atoms with van der Waals surface area (Å²) in [4.78, 5) is 12.9. The molecule has 0 aliphatic carbocycles. The van der Waals surface area contributed by atoms with E-state index in [1.807, 2.05) is 19.1 Å². The van der Waals surface area contributed by atoms with Gasteiger partial charge in [-0.05, 0) is 37.5 Å². The van der Waals surface area contributed by atoms with Gasteiger partial charge in [0.1, 0.15) is 0 Å². The second kappa shape index (κ2) is 8.62. The van der Waals surface area contributed by atoms with E-state index < -0.39 is 0 Å². The zero-order chi connectivity index (χ0) is 15.0. The Morgan fingerprint density at radius 1 is 1.50 bits per heavy atom. The number of aliphatic hydroxyl groups is 1. The summed E-state index contributed by atoms with van der Waals surface area (Å²) in [5, 5.41) is 20.7. The summed E-state index contributed by atoms with van der Waals surface area (Å²) in [5.41, 5.74) is 0.595. The normalized spacial score (nSPS) is 13.3. The van der Waals surface area contributed by atoms with Crippen molar-refractivity contribution in [3.05, 3.63) is 29.8 Å². The zero-order valence-electron chi connectivity index (χ0n) is 11.8. The van der Waals surface area contributed by atoms with Gasteiger partial charge < -0.3 is 10.4 Å². The molecular formula is C15H20N2O2S. The van der Waals surface area contributed by atoms with Crippen LogP contribution in [0, 0.1) is 17.2 Å². The third kappa shape index (κ3) is 6.09. The van der Waals surface area contributed by atoms with Gasteiger partial charge in [0, 0.05) is 17.0 Å². The van der Waals surface area contributed by atoms with Crippen LogP contribution in [-0.4, -0.2) is 29.4 Å². The molecule has 0 saturated heterocycles. The summed E-state index contributed by atoms with van der Waals surface area (Å²) in [5.74, 6) is 0.480. The Morgan fingerprint density at radius 3 is 2.90 bits per heavy atom. The van der Waals surface area contributed by atoms with Crippen molar-refractivity contribution >= 4 is 17.7 Å². The van der Waals surface area contributed by atoms with E-state index in [9.17, 15) is 9.90 Å². The maximum absolute atomic E-state index is 12.0. The number of hydrogen-bond donors (Lipinski definition) is 2. The van der Waals surface area contributed by atoms with Crippen LogP contribution >= 0.6 is 11.8 Å². The summed E-state index contributed by atoms with van der Waals surface area (Å²) in [7, 11) is 0. The first-order valence-corrected chi connectivity index (χ1v) is 7.57. The van der Waals surface area contributed by atoms with Crippen molar-refractivity contribution < 1.29 is 9.90 Å². The van der Waals surface area contributed by atoms with Gasteiger partial charge in [-0.3, -0.25) is 4.79 Å². The quantitative estimate of drug-likeness (QED) is 0.757. The summed E-state index contributed by atoms with van der Waals surface area (Å²) < 4.78 is 0. The van der Waals surface area contributed by atoms with Crippen LogP contribution in [0.3, 0.4) is 0 Å². The van der Waals surface area contributed by atoms with Crippen molar-refractivity contribution in [2.45, 2.75) is 31.3 Å². The maximum atomic E-state index is 12.0. The molecule has 1 aromatic carbocycles. The lowest BCUT2D eigenvalue weighted by molar-refractivity contribution is 0.0939. The van der Waals surface area contributed by atoms with Gasteiger partial charge in [-0.1, -0.05) is 13.0 Å². The van der Waals surface area contributed by atoms with E-state index in [1.54, 1.807) is 19.1 Å². The van der Waals surface area contributed by atoms with Crippen LogP contribution in [0.2, 0.25) is 0 Å². The van der Waals surface area contributed by atoms with Crippen LogP contribution < -0.4 is 5.32 Å². The molecule has 5 heteroatoms. The largest absolute Gasteiger partial charge is 0.393 e. The molecule has 0 spiro atoms. The van der Waals surface area contributed by atoms with Crippen molar-refractivity contribution in [3.8, 4) is 6.07 Å². The topological polar surface area (TPSA) is 73.1 Å². The van der Waals surface area contributed by atoms with Crippen LogP contribution in [0.4, 0.5) is 0 Å². The summed E-state index contributed by atoms with van der Waals surface area (Å²) in [6.45, 7) is 4.28. The highest BCUT2D eigenvalue weighted by Crippen LogP contribution is 2.18. The van der Waals surface area contributed by atoms with Gasteiger partial charge in [0.25, 0.3) is 5.91 Å². The number of nitrogens with one attached hydrogen (secondary N) is 1. The SMILES string of the molecule is CC(O)CC(C)CNC(=O)c1cccc(SCC#N)c1. The molecule has 1 amide bonds. The predicted molar refractivity (Wildman–Crippen MR) is 80.6 cm³/mol. The molecule has 0 aliphatic heterocycles. The lowest BCUT2D eigenvalue weighted by Gasteiger charge is -2.14. The molecular weight excluding hydrogens is 272 g/mol. The highest BCUT2D eigenvalue weighted by molar-refractivity contribution is 7.99. The van der Waals surface area contributed by atoms with Crippen molar-refractivity contribution in [1.29, 1.82) is 5.26 Å². The fourth-order valence-corrected chi connectivity index (χ4v) is 2.49. The average Bonchev–Trinajstić information content (AvgIpc) is 2.42. The summed E-state index contributed by atoms with van der Waals surface area (Å²) in [6, 6.07) is 9.30. The Hall–Kier alpha value is -1.51. The number of rotatable bonds is 7. The summed E-state index contributed by atoms with van der Waals surface area (Å²) in [6.07, 6.45) is 0.311. The Bertz CT molecular complexity index is 483. The molecule has 0 saturated carbocycles. The third-order valence-corrected chi connectivity index (χ3v) is 3.61. The molecule has 0 aromatic heterocycles. The molecule has 4 nitrogen and oxygen atoms in total. The number of nitriles is 1. The highest BCUT2D eigenvalue weighted by atomic mass is 32.2. The first-order chi connectivity index (χ1) is 9.52. The molecule has 1 rings (SSSR count). The molecule has 2 N–H and O–H groups in total. The van der Waals surface area contributed by atoms with E-state index in [0.717, 1.165) is 4.90 Å². The Morgan fingerprint density at radius 2 is 2.25 bits per heavy atom. The minimum Gasteiger partial charge on any atom is -0.393 e. The molecule has 0 fully saturated rings. The van der Waals surface area contributed by atoms with Gasteiger partial charge in [0.2, 0.25) is 0 Å². The molecule has 20 heavy (non-hydrogen) atoms. The fourth-order valence-electron chi connectivity index (χ4n) is 1.88. The number of benzene rings is 1. The molecule has 0 heterocycles. The van der Waals surface area contributed by atoms with E-state index in [-0.39, 0.29) is 17.9 Å². The second-order valence-electron chi connectivity index (χ2n) is 4.87. The number of amides is 1. The van der Waals surface area contributed by atoms with E-state index in [1.165, 1.54) is 11.8 Å². The number of carbonyl (C=O) groups is 1. The van der Waals surface area contributed by atoms with E-state index in [2.05, 4.69) is 11.4 Å². The van der Waals surface area contributed by atoms with E-state index in [4.69, 9.17) is 5.26 Å². The minimum absolute atomic E-state index is 0.123. The van der Waals surface area contributed by atoms with Gasteiger partial charge in [-0.2, -0.15) is 5.26 Å². The Kier molecular flexibility index (Phi) is 7.13. The van der Waals surface area contributed by atoms with Gasteiger partial charge in [-0.15, -0.1) is 11.8 Å². The van der Waals surface area contributed by atoms with Crippen LogP contribution in [0.5, 0.6) is 0 Å². The average molecular weight is 292 g/mol. The van der Waals surface area contributed by atoms with Crippen LogP contribution in [0.25, 0.3) is 0 Å². The molecule has 0 radical (unpaired) electrons. The second-order valence-corrected chi connectivity index (χ2v) is 5.92. The van der Waals surface area contributed by atoms with Crippen LogP contribution in [0.1, 0.15) is 30.6 Å².